The Morgan fingerprint density at radius 3 is 1.46 bits per heavy atom. The molecule has 39 heavy (non-hydrogen) atoms. The van der Waals surface area contributed by atoms with Crippen molar-refractivity contribution in [3.8, 4) is 22.3 Å². The fraction of sp³-hybridized carbons (Fsp3) is 0. The van der Waals surface area contributed by atoms with Crippen molar-refractivity contribution >= 4 is 53.9 Å². The molecule has 0 spiro atoms. The van der Waals surface area contributed by atoms with Crippen LogP contribution in [0.15, 0.2) is 115 Å². The molecule has 0 heterocycles. The van der Waals surface area contributed by atoms with E-state index in [9.17, 15) is 13.2 Å². The standard InChI is InChI=1S/C36H19F3/c37-30-18-23(19-31(38)36(30)39)33-24-8-1-3-10-26(24)35(27-11-4-2-9-25(27)33)29-17-15-22-13-12-20-6-5-7-21-14-16-28(29)34(22)32(20)21/h1-19H. The molecule has 0 atom stereocenters. The van der Waals surface area contributed by atoms with Crippen molar-refractivity contribution in [3.63, 3.8) is 0 Å². The van der Waals surface area contributed by atoms with Crippen LogP contribution in [0, 0.1) is 17.5 Å². The van der Waals surface area contributed by atoms with E-state index < -0.39 is 17.5 Å². The summed E-state index contributed by atoms with van der Waals surface area (Å²) in [7, 11) is 0. The van der Waals surface area contributed by atoms with Gasteiger partial charge in [0.25, 0.3) is 0 Å². The number of hydrogen-bond acceptors (Lipinski definition) is 0. The van der Waals surface area contributed by atoms with Crippen LogP contribution in [-0.2, 0) is 0 Å². The second-order valence-corrected chi connectivity index (χ2v) is 10.1. The molecule has 0 bridgehead atoms. The normalized spacial score (nSPS) is 12.0. The predicted octanol–water partition coefficient (Wildman–Crippen LogP) is 10.6. The second kappa shape index (κ2) is 8.05. The third-order valence-electron chi connectivity index (χ3n) is 8.00. The molecule has 0 unspecified atom stereocenters. The highest BCUT2D eigenvalue weighted by atomic mass is 19.2. The zero-order valence-electron chi connectivity index (χ0n) is 20.6. The van der Waals surface area contributed by atoms with Gasteiger partial charge in [-0.25, -0.2) is 13.2 Å². The molecule has 8 aromatic rings. The minimum absolute atomic E-state index is 0.306. The molecule has 0 saturated heterocycles. The third-order valence-corrected chi connectivity index (χ3v) is 8.00. The van der Waals surface area contributed by atoms with Gasteiger partial charge in [-0.3, -0.25) is 0 Å². The summed E-state index contributed by atoms with van der Waals surface area (Å²) in [6, 6.07) is 37.5. The van der Waals surface area contributed by atoms with Crippen LogP contribution in [0.5, 0.6) is 0 Å². The van der Waals surface area contributed by atoms with Crippen molar-refractivity contribution in [1.29, 1.82) is 0 Å². The molecular formula is C36H19F3. The van der Waals surface area contributed by atoms with E-state index in [4.69, 9.17) is 0 Å². The van der Waals surface area contributed by atoms with Crippen LogP contribution in [0.1, 0.15) is 0 Å². The molecule has 8 aromatic carbocycles. The van der Waals surface area contributed by atoms with Gasteiger partial charge in [-0.2, -0.15) is 0 Å². The Labute approximate surface area is 221 Å². The quantitative estimate of drug-likeness (QED) is 0.124. The number of fused-ring (bicyclic) bond motifs is 2. The van der Waals surface area contributed by atoms with Crippen molar-refractivity contribution in [2.24, 2.45) is 0 Å². The first-order chi connectivity index (χ1) is 19.1. The molecule has 0 nitrogen and oxygen atoms in total. The van der Waals surface area contributed by atoms with Crippen molar-refractivity contribution in [2.75, 3.05) is 0 Å². The van der Waals surface area contributed by atoms with Gasteiger partial charge < -0.3 is 0 Å². The van der Waals surface area contributed by atoms with Crippen LogP contribution >= 0.6 is 0 Å². The summed E-state index contributed by atoms with van der Waals surface area (Å²) in [4.78, 5) is 0. The molecule has 184 valence electrons. The van der Waals surface area contributed by atoms with Gasteiger partial charge in [0.15, 0.2) is 17.5 Å². The van der Waals surface area contributed by atoms with E-state index in [-0.39, 0.29) is 0 Å². The highest BCUT2D eigenvalue weighted by molar-refractivity contribution is 6.29. The van der Waals surface area contributed by atoms with E-state index in [0.717, 1.165) is 50.2 Å². The van der Waals surface area contributed by atoms with Gasteiger partial charge in [-0.1, -0.05) is 103 Å². The minimum atomic E-state index is -1.46. The number of halogens is 3. The Kier molecular flexibility index (Phi) is 4.57. The first-order valence-electron chi connectivity index (χ1n) is 12.9. The van der Waals surface area contributed by atoms with Crippen molar-refractivity contribution in [2.45, 2.75) is 0 Å². The van der Waals surface area contributed by atoms with Crippen molar-refractivity contribution < 1.29 is 13.2 Å². The Balaban J connectivity index is 1.56. The summed E-state index contributed by atoms with van der Waals surface area (Å²) >= 11 is 0. The molecule has 0 saturated carbocycles. The van der Waals surface area contributed by atoms with E-state index in [1.165, 1.54) is 26.9 Å². The maximum Gasteiger partial charge on any atom is 0.194 e. The van der Waals surface area contributed by atoms with Crippen molar-refractivity contribution in [1.82, 2.24) is 0 Å². The van der Waals surface area contributed by atoms with Crippen LogP contribution in [0.2, 0.25) is 0 Å². The molecule has 0 aliphatic heterocycles. The molecule has 0 N–H and O–H groups in total. The highest BCUT2D eigenvalue weighted by Gasteiger charge is 2.21. The Morgan fingerprint density at radius 2 is 0.872 bits per heavy atom. The number of hydrogen-bond donors (Lipinski definition) is 0. The van der Waals surface area contributed by atoms with Crippen LogP contribution in [-0.4, -0.2) is 0 Å². The van der Waals surface area contributed by atoms with Crippen LogP contribution in [0.4, 0.5) is 13.2 Å². The molecule has 3 heteroatoms. The first-order valence-corrected chi connectivity index (χ1v) is 12.9. The van der Waals surface area contributed by atoms with E-state index >= 15 is 0 Å². The molecular weight excluding hydrogens is 489 g/mol. The lowest BCUT2D eigenvalue weighted by atomic mass is 9.83. The first kappa shape index (κ1) is 22.1. The van der Waals surface area contributed by atoms with Gasteiger partial charge in [-0.05, 0) is 88.2 Å². The topological polar surface area (TPSA) is 0 Å². The number of benzene rings is 8. The zero-order chi connectivity index (χ0) is 26.2. The van der Waals surface area contributed by atoms with Crippen molar-refractivity contribution in [3.05, 3.63) is 133 Å². The predicted molar refractivity (Wildman–Crippen MR) is 156 cm³/mol. The Hall–Kier alpha value is -4.89. The second-order valence-electron chi connectivity index (χ2n) is 10.1. The van der Waals surface area contributed by atoms with E-state index in [2.05, 4.69) is 66.7 Å². The lowest BCUT2D eigenvalue weighted by molar-refractivity contribution is 0.448. The summed E-state index contributed by atoms with van der Waals surface area (Å²) in [5.74, 6) is -3.86. The maximum atomic E-state index is 14.4. The van der Waals surface area contributed by atoms with Crippen LogP contribution in [0.25, 0.3) is 76.1 Å². The third kappa shape index (κ3) is 3.07. The maximum absolute atomic E-state index is 14.4. The molecule has 0 aliphatic carbocycles. The SMILES string of the molecule is Fc1cc(-c2c3ccccc3c(-c3ccc4ccc5cccc6ccc3c4c56)c3ccccc23)cc(F)c1F. The lowest BCUT2D eigenvalue weighted by Crippen LogP contribution is -1.95. The molecule has 0 radical (unpaired) electrons. The largest absolute Gasteiger partial charge is 0.204 e. The van der Waals surface area contributed by atoms with Crippen LogP contribution in [0.3, 0.4) is 0 Å². The smallest absolute Gasteiger partial charge is 0.194 e. The molecule has 0 aromatic heterocycles. The fourth-order valence-electron chi connectivity index (χ4n) is 6.38. The van der Waals surface area contributed by atoms with Gasteiger partial charge in [0.05, 0.1) is 0 Å². The van der Waals surface area contributed by atoms with E-state index in [1.54, 1.807) is 0 Å². The van der Waals surface area contributed by atoms with Gasteiger partial charge in [0.2, 0.25) is 0 Å². The van der Waals surface area contributed by atoms with E-state index in [0.29, 0.717) is 11.1 Å². The molecule has 8 rings (SSSR count). The average Bonchev–Trinajstić information content (AvgIpc) is 2.97. The van der Waals surface area contributed by atoms with E-state index in [1.807, 2.05) is 36.4 Å². The van der Waals surface area contributed by atoms with Gasteiger partial charge in [0, 0.05) is 0 Å². The summed E-state index contributed by atoms with van der Waals surface area (Å²) in [6.45, 7) is 0. The summed E-state index contributed by atoms with van der Waals surface area (Å²) in [6.07, 6.45) is 0. The van der Waals surface area contributed by atoms with Gasteiger partial charge >= 0.3 is 0 Å². The lowest BCUT2D eigenvalue weighted by Gasteiger charge is -2.20. The van der Waals surface area contributed by atoms with Crippen LogP contribution < -0.4 is 0 Å². The Bertz CT molecular complexity index is 2170. The monoisotopic (exact) mass is 508 g/mol. The molecule has 0 aliphatic rings. The highest BCUT2D eigenvalue weighted by Crippen LogP contribution is 2.47. The van der Waals surface area contributed by atoms with Gasteiger partial charge in [0.1, 0.15) is 0 Å². The zero-order valence-corrected chi connectivity index (χ0v) is 20.6. The number of rotatable bonds is 2. The summed E-state index contributed by atoms with van der Waals surface area (Å²) < 4.78 is 42.8. The Morgan fingerprint density at radius 1 is 0.385 bits per heavy atom. The fourth-order valence-corrected chi connectivity index (χ4v) is 6.38. The summed E-state index contributed by atoms with van der Waals surface area (Å²) in [5, 5.41) is 10.8. The van der Waals surface area contributed by atoms with Gasteiger partial charge in [-0.15, -0.1) is 0 Å². The average molecular weight is 509 g/mol. The minimum Gasteiger partial charge on any atom is -0.204 e. The molecule has 0 amide bonds. The molecule has 0 fully saturated rings. The summed E-state index contributed by atoms with van der Waals surface area (Å²) in [5.41, 5.74) is 3.14.